The fourth-order valence-electron chi connectivity index (χ4n) is 2.58. The normalized spacial score (nSPS) is 12.8. The molecule has 0 heterocycles. The highest BCUT2D eigenvalue weighted by Crippen LogP contribution is 2.17. The van der Waals surface area contributed by atoms with Crippen LogP contribution >= 0.6 is 0 Å². The Labute approximate surface area is 134 Å². The summed E-state index contributed by atoms with van der Waals surface area (Å²) in [4.78, 5) is 11.9. The Morgan fingerprint density at radius 3 is 2.36 bits per heavy atom. The molecule has 1 atom stereocenters. The monoisotopic (exact) mass is 306 g/mol. The van der Waals surface area contributed by atoms with Crippen molar-refractivity contribution in [1.82, 2.24) is 10.6 Å². The Balaban J connectivity index is 2.44. The van der Waals surface area contributed by atoms with Gasteiger partial charge in [-0.3, -0.25) is 0 Å². The number of hydrogen-bond acceptors (Lipinski definition) is 2. The molecule has 1 aromatic rings. The first kappa shape index (κ1) is 18.5. The molecule has 0 saturated heterocycles. The van der Waals surface area contributed by atoms with Crippen LogP contribution in [0, 0.1) is 19.3 Å². The lowest BCUT2D eigenvalue weighted by molar-refractivity contribution is 0.200. The summed E-state index contributed by atoms with van der Waals surface area (Å²) >= 11 is 0. The van der Waals surface area contributed by atoms with Gasteiger partial charge in [0.1, 0.15) is 0 Å². The largest absolute Gasteiger partial charge is 0.396 e. The number of nitrogens with one attached hydrogen (secondary N) is 2. The summed E-state index contributed by atoms with van der Waals surface area (Å²) in [5.74, 6) is 0. The molecule has 22 heavy (non-hydrogen) atoms. The Hall–Kier alpha value is -1.55. The van der Waals surface area contributed by atoms with Gasteiger partial charge in [0, 0.05) is 19.2 Å². The molecule has 3 N–H and O–H groups in total. The van der Waals surface area contributed by atoms with Crippen molar-refractivity contribution < 1.29 is 9.90 Å². The molecule has 4 heteroatoms. The number of benzene rings is 1. The second-order valence-electron chi connectivity index (χ2n) is 7.07. The zero-order valence-electron chi connectivity index (χ0n) is 14.5. The second kappa shape index (κ2) is 8.18. The van der Waals surface area contributed by atoms with Crippen molar-refractivity contribution in [2.24, 2.45) is 5.41 Å². The molecule has 0 fully saturated rings. The lowest BCUT2D eigenvalue weighted by Crippen LogP contribution is -2.45. The average Bonchev–Trinajstić information content (AvgIpc) is 2.35. The Kier molecular flexibility index (Phi) is 6.88. The fraction of sp³-hybridized carbons (Fsp3) is 0.611. The summed E-state index contributed by atoms with van der Waals surface area (Å²) in [6.07, 6.45) is 1.49. The first-order valence-corrected chi connectivity index (χ1v) is 7.94. The van der Waals surface area contributed by atoms with Gasteiger partial charge in [-0.05, 0) is 44.6 Å². The molecule has 0 radical (unpaired) electrons. The second-order valence-corrected chi connectivity index (χ2v) is 7.07. The van der Waals surface area contributed by atoms with E-state index in [1.807, 2.05) is 20.8 Å². The number of urea groups is 1. The Bertz CT molecular complexity index is 478. The number of carbonyl (C=O) groups is 1. The number of amides is 2. The summed E-state index contributed by atoms with van der Waals surface area (Å²) in [7, 11) is 0. The predicted molar refractivity (Wildman–Crippen MR) is 91.1 cm³/mol. The summed E-state index contributed by atoms with van der Waals surface area (Å²) in [5, 5.41) is 14.8. The molecule has 0 bridgehead atoms. The zero-order valence-corrected chi connectivity index (χ0v) is 14.5. The van der Waals surface area contributed by atoms with Crippen LogP contribution in [0.3, 0.4) is 0 Å². The molecular formula is C18H30N2O2. The Morgan fingerprint density at radius 1 is 1.23 bits per heavy atom. The van der Waals surface area contributed by atoms with Crippen LogP contribution in [-0.2, 0) is 6.42 Å². The summed E-state index contributed by atoms with van der Waals surface area (Å²) in [5.41, 5.74) is 3.64. The number of rotatable bonds is 7. The number of hydrogen-bond donors (Lipinski definition) is 3. The smallest absolute Gasteiger partial charge is 0.315 e. The lowest BCUT2D eigenvalue weighted by Gasteiger charge is -2.24. The van der Waals surface area contributed by atoms with Crippen LogP contribution in [0.25, 0.3) is 0 Å². The molecule has 0 saturated carbocycles. The van der Waals surface area contributed by atoms with Gasteiger partial charge < -0.3 is 15.7 Å². The van der Waals surface area contributed by atoms with Crippen molar-refractivity contribution in [2.45, 2.75) is 53.5 Å². The molecule has 1 unspecified atom stereocenters. The lowest BCUT2D eigenvalue weighted by atomic mass is 9.90. The number of aliphatic hydroxyl groups is 1. The molecule has 1 aromatic carbocycles. The maximum atomic E-state index is 11.9. The van der Waals surface area contributed by atoms with Crippen LogP contribution in [0.5, 0.6) is 0 Å². The average molecular weight is 306 g/mol. The summed E-state index contributed by atoms with van der Waals surface area (Å²) < 4.78 is 0. The molecule has 124 valence electrons. The van der Waals surface area contributed by atoms with E-state index in [0.29, 0.717) is 13.0 Å². The minimum Gasteiger partial charge on any atom is -0.396 e. The van der Waals surface area contributed by atoms with Gasteiger partial charge in [-0.1, -0.05) is 43.2 Å². The summed E-state index contributed by atoms with van der Waals surface area (Å²) in [6, 6.07) is 6.39. The van der Waals surface area contributed by atoms with E-state index in [1.165, 1.54) is 16.7 Å². The van der Waals surface area contributed by atoms with E-state index < -0.39 is 0 Å². The molecule has 2 amide bonds. The molecule has 0 spiro atoms. The van der Waals surface area contributed by atoms with Crippen molar-refractivity contribution >= 4 is 6.03 Å². The van der Waals surface area contributed by atoms with Crippen LogP contribution in [0.1, 0.15) is 43.9 Å². The standard InChI is InChI=1S/C18H30N2O2/c1-13-8-14(2)10-16(9-13)11-15(3)20-17(22)19-12-18(4,5)6-7-21/h8-10,15,21H,6-7,11-12H2,1-5H3,(H2,19,20,22). The van der Waals surface area contributed by atoms with Crippen LogP contribution in [-0.4, -0.2) is 30.3 Å². The van der Waals surface area contributed by atoms with Gasteiger partial charge in [0.2, 0.25) is 0 Å². The number of carbonyl (C=O) groups excluding carboxylic acids is 1. The van der Waals surface area contributed by atoms with E-state index in [9.17, 15) is 4.79 Å². The molecule has 0 aliphatic heterocycles. The van der Waals surface area contributed by atoms with Crippen LogP contribution in [0.2, 0.25) is 0 Å². The highest BCUT2D eigenvalue weighted by Gasteiger charge is 2.18. The van der Waals surface area contributed by atoms with Crippen LogP contribution in [0.15, 0.2) is 18.2 Å². The van der Waals surface area contributed by atoms with Crippen molar-refractivity contribution in [1.29, 1.82) is 0 Å². The van der Waals surface area contributed by atoms with E-state index in [0.717, 1.165) is 6.42 Å². The van der Waals surface area contributed by atoms with Gasteiger partial charge in [0.15, 0.2) is 0 Å². The van der Waals surface area contributed by atoms with Gasteiger partial charge in [0.25, 0.3) is 0 Å². The van der Waals surface area contributed by atoms with Crippen molar-refractivity contribution in [3.63, 3.8) is 0 Å². The fourth-order valence-corrected chi connectivity index (χ4v) is 2.58. The van der Waals surface area contributed by atoms with E-state index in [1.54, 1.807) is 0 Å². The molecule has 0 aromatic heterocycles. The third-order valence-electron chi connectivity index (χ3n) is 3.72. The Morgan fingerprint density at radius 2 is 1.82 bits per heavy atom. The van der Waals surface area contributed by atoms with Gasteiger partial charge >= 0.3 is 6.03 Å². The summed E-state index contributed by atoms with van der Waals surface area (Å²) in [6.45, 7) is 10.9. The van der Waals surface area contributed by atoms with Crippen molar-refractivity contribution in [2.75, 3.05) is 13.2 Å². The van der Waals surface area contributed by atoms with Crippen LogP contribution in [0.4, 0.5) is 4.79 Å². The van der Waals surface area contributed by atoms with Crippen LogP contribution < -0.4 is 10.6 Å². The topological polar surface area (TPSA) is 61.4 Å². The minimum atomic E-state index is -0.150. The van der Waals surface area contributed by atoms with E-state index >= 15 is 0 Å². The molecule has 0 aliphatic carbocycles. The third-order valence-corrected chi connectivity index (χ3v) is 3.72. The first-order chi connectivity index (χ1) is 10.2. The van der Waals surface area contributed by atoms with Gasteiger partial charge in [0.05, 0.1) is 0 Å². The minimum absolute atomic E-state index is 0.0714. The first-order valence-electron chi connectivity index (χ1n) is 7.94. The molecular weight excluding hydrogens is 276 g/mol. The SMILES string of the molecule is Cc1cc(C)cc(CC(C)NC(=O)NCC(C)(C)CCO)c1. The van der Waals surface area contributed by atoms with Gasteiger partial charge in [-0.25, -0.2) is 4.79 Å². The molecule has 4 nitrogen and oxygen atoms in total. The highest BCUT2D eigenvalue weighted by atomic mass is 16.3. The number of aliphatic hydroxyl groups excluding tert-OH is 1. The van der Waals surface area contributed by atoms with E-state index in [-0.39, 0.29) is 24.1 Å². The van der Waals surface area contributed by atoms with Crippen molar-refractivity contribution in [3.05, 3.63) is 34.9 Å². The van der Waals surface area contributed by atoms with Gasteiger partial charge in [-0.2, -0.15) is 0 Å². The van der Waals surface area contributed by atoms with Crippen molar-refractivity contribution in [3.8, 4) is 0 Å². The maximum Gasteiger partial charge on any atom is 0.315 e. The predicted octanol–water partition coefficient (Wildman–Crippen LogP) is 2.94. The maximum absolute atomic E-state index is 11.9. The van der Waals surface area contributed by atoms with E-state index in [4.69, 9.17) is 5.11 Å². The highest BCUT2D eigenvalue weighted by molar-refractivity contribution is 5.74. The van der Waals surface area contributed by atoms with E-state index in [2.05, 4.69) is 42.7 Å². The zero-order chi connectivity index (χ0) is 16.8. The number of aryl methyl sites for hydroxylation is 2. The molecule has 1 rings (SSSR count). The quantitative estimate of drug-likeness (QED) is 0.725. The third kappa shape index (κ3) is 6.94. The molecule has 0 aliphatic rings. The van der Waals surface area contributed by atoms with Gasteiger partial charge in [-0.15, -0.1) is 0 Å².